The molecule has 3 rings (SSSR count). The summed E-state index contributed by atoms with van der Waals surface area (Å²) in [6.07, 6.45) is -0.0476. The van der Waals surface area contributed by atoms with Gasteiger partial charge < -0.3 is 9.84 Å². The zero-order valence-electron chi connectivity index (χ0n) is 17.5. The zero-order chi connectivity index (χ0) is 23.9. The smallest absolute Gasteiger partial charge is 0.311 e. The minimum absolute atomic E-state index is 0.0681. The minimum Gasteiger partial charge on any atom is -0.481 e. The summed E-state index contributed by atoms with van der Waals surface area (Å²) in [6, 6.07) is 14.3. The van der Waals surface area contributed by atoms with Crippen LogP contribution in [0.25, 0.3) is 0 Å². The number of benzene rings is 1. The lowest BCUT2D eigenvalue weighted by Gasteiger charge is -2.26. The van der Waals surface area contributed by atoms with Crippen molar-refractivity contribution in [2.75, 3.05) is 6.26 Å². The maximum Gasteiger partial charge on any atom is 0.311 e. The molecule has 1 N–H and O–H groups in total. The van der Waals surface area contributed by atoms with E-state index in [9.17, 15) is 18.3 Å². The summed E-state index contributed by atoms with van der Waals surface area (Å²) in [5.74, 6) is -0.772. The average Bonchev–Trinajstić information content (AvgIpc) is 3.14. The Labute approximate surface area is 212 Å². The van der Waals surface area contributed by atoms with Gasteiger partial charge in [-0.1, -0.05) is 85.9 Å². The number of carboxylic acid groups (broad SMARTS) is 1. The van der Waals surface area contributed by atoms with Crippen LogP contribution < -0.4 is 4.74 Å². The molecule has 2 aromatic rings. The van der Waals surface area contributed by atoms with Gasteiger partial charge in [-0.05, 0) is 23.6 Å². The van der Waals surface area contributed by atoms with Crippen molar-refractivity contribution >= 4 is 63.9 Å². The Morgan fingerprint density at radius 3 is 2.31 bits per heavy atom. The van der Waals surface area contributed by atoms with Gasteiger partial charge in [-0.25, -0.2) is 4.98 Å². The molecular weight excluding hydrogens is 634 g/mol. The van der Waals surface area contributed by atoms with Crippen LogP contribution in [-0.2, 0) is 25.5 Å². The quantitative estimate of drug-likeness (QED) is 0.303. The Morgan fingerprint density at radius 1 is 1.16 bits per heavy atom. The molecule has 0 bridgehead atoms. The van der Waals surface area contributed by atoms with Crippen LogP contribution in [-0.4, -0.2) is 39.0 Å². The van der Waals surface area contributed by atoms with Gasteiger partial charge in [-0.3, -0.25) is 8.98 Å². The van der Waals surface area contributed by atoms with Crippen LogP contribution in [0.2, 0.25) is 0 Å². The molecule has 7 nitrogen and oxygen atoms in total. The predicted octanol–water partition coefficient (Wildman–Crippen LogP) is 5.33. The summed E-state index contributed by atoms with van der Waals surface area (Å²) in [6.45, 7) is 3.57. The molecule has 1 fully saturated rings. The van der Waals surface area contributed by atoms with E-state index in [-0.39, 0.29) is 6.42 Å². The minimum atomic E-state index is -3.87. The van der Waals surface area contributed by atoms with E-state index in [4.69, 9.17) is 8.92 Å². The Morgan fingerprint density at radius 2 is 1.78 bits per heavy atom. The van der Waals surface area contributed by atoms with Gasteiger partial charge in [0.05, 0.1) is 11.7 Å². The van der Waals surface area contributed by atoms with Gasteiger partial charge in [-0.2, -0.15) is 8.42 Å². The number of hydrogen-bond acceptors (Lipinski definition) is 6. The predicted molar refractivity (Wildman–Crippen MR) is 131 cm³/mol. The van der Waals surface area contributed by atoms with Crippen molar-refractivity contribution in [2.45, 2.75) is 28.5 Å². The van der Waals surface area contributed by atoms with Crippen molar-refractivity contribution in [2.24, 2.45) is 16.7 Å². The molecule has 1 heterocycles. The van der Waals surface area contributed by atoms with Gasteiger partial charge >= 0.3 is 5.97 Å². The van der Waals surface area contributed by atoms with Gasteiger partial charge in [0.15, 0.2) is 2.14 Å². The Bertz CT molecular complexity index is 1100. The topological polar surface area (TPSA) is 103 Å². The third kappa shape index (κ3) is 5.22. The number of para-hydroxylation sites is 1. The standard InChI is InChI=1S/C21H22Br3NO6S/c1-19(2)16(17(21(22,23)24)31-32(3,28)29)20(19,18(26)27)12-13-8-7-11-15(25-13)30-14-9-5-4-6-10-14/h4-11,16-17H,12H2,1-3H3,(H,26,27)/t16-,17+,20-/m0/s1. The number of ether oxygens (including phenoxy) is 1. The van der Waals surface area contributed by atoms with Gasteiger partial charge in [0.1, 0.15) is 11.9 Å². The number of nitrogens with zero attached hydrogens (tertiary/aromatic N) is 1. The van der Waals surface area contributed by atoms with Gasteiger partial charge in [0, 0.05) is 24.1 Å². The highest BCUT2D eigenvalue weighted by Gasteiger charge is 2.79. The summed E-state index contributed by atoms with van der Waals surface area (Å²) >= 11 is 10.0. The number of carbonyl (C=O) groups is 1. The molecule has 1 aromatic carbocycles. The van der Waals surface area contributed by atoms with E-state index >= 15 is 0 Å². The average molecular weight is 656 g/mol. The lowest BCUT2D eigenvalue weighted by atomic mass is 9.90. The zero-order valence-corrected chi connectivity index (χ0v) is 23.0. The van der Waals surface area contributed by atoms with Crippen molar-refractivity contribution in [3.63, 3.8) is 0 Å². The Hall–Kier alpha value is -1.01. The third-order valence-electron chi connectivity index (χ3n) is 5.87. The summed E-state index contributed by atoms with van der Waals surface area (Å²) in [5.41, 5.74) is -1.60. The summed E-state index contributed by atoms with van der Waals surface area (Å²) in [5, 5.41) is 10.3. The van der Waals surface area contributed by atoms with Crippen molar-refractivity contribution < 1.29 is 27.2 Å². The second-order valence-electron chi connectivity index (χ2n) is 8.30. The van der Waals surface area contributed by atoms with Gasteiger partial charge in [0.25, 0.3) is 10.1 Å². The van der Waals surface area contributed by atoms with E-state index in [0.717, 1.165) is 6.26 Å². The van der Waals surface area contributed by atoms with E-state index in [2.05, 4.69) is 52.8 Å². The molecule has 0 saturated heterocycles. The summed E-state index contributed by atoms with van der Waals surface area (Å²) < 4.78 is 33.8. The number of rotatable bonds is 8. The normalized spacial score (nSPS) is 23.4. The van der Waals surface area contributed by atoms with Crippen LogP contribution in [0.1, 0.15) is 19.5 Å². The van der Waals surface area contributed by atoms with Crippen molar-refractivity contribution in [3.05, 3.63) is 54.2 Å². The van der Waals surface area contributed by atoms with E-state index in [1.54, 1.807) is 44.2 Å². The molecule has 174 valence electrons. The molecule has 3 atom stereocenters. The molecule has 11 heteroatoms. The molecule has 1 saturated carbocycles. The molecule has 0 unspecified atom stereocenters. The van der Waals surface area contributed by atoms with Crippen molar-refractivity contribution in [3.8, 4) is 11.6 Å². The molecule has 1 aromatic heterocycles. The highest BCUT2D eigenvalue weighted by Crippen LogP contribution is 2.74. The lowest BCUT2D eigenvalue weighted by molar-refractivity contribution is -0.145. The van der Waals surface area contributed by atoms with Crippen LogP contribution in [0, 0.1) is 16.7 Å². The number of carboxylic acids is 1. The first-order valence-electron chi connectivity index (χ1n) is 9.56. The van der Waals surface area contributed by atoms with Crippen LogP contribution in [0.5, 0.6) is 11.6 Å². The highest BCUT2D eigenvalue weighted by molar-refractivity contribution is 9.39. The molecule has 0 amide bonds. The van der Waals surface area contributed by atoms with E-state index in [1.165, 1.54) is 0 Å². The van der Waals surface area contributed by atoms with E-state index in [0.29, 0.717) is 17.3 Å². The molecule has 0 spiro atoms. The van der Waals surface area contributed by atoms with Crippen LogP contribution in [0.15, 0.2) is 48.5 Å². The van der Waals surface area contributed by atoms with E-state index in [1.807, 2.05) is 18.2 Å². The molecule has 32 heavy (non-hydrogen) atoms. The number of aliphatic carboxylic acids is 1. The summed E-state index contributed by atoms with van der Waals surface area (Å²) in [7, 11) is -3.87. The second kappa shape index (κ2) is 8.98. The SMILES string of the molecule is CC1(C)[C@H]([C@@H](OS(C)(=O)=O)C(Br)(Br)Br)[C@@]1(Cc1cccc(Oc2ccccc2)n1)C(=O)O. The number of aromatic nitrogens is 1. The molecule has 0 radical (unpaired) electrons. The van der Waals surface area contributed by atoms with Crippen LogP contribution in [0.3, 0.4) is 0 Å². The number of pyridine rings is 1. The van der Waals surface area contributed by atoms with Crippen molar-refractivity contribution in [1.29, 1.82) is 0 Å². The third-order valence-corrected chi connectivity index (χ3v) is 7.78. The number of alkyl halides is 3. The molecule has 1 aliphatic rings. The first-order valence-corrected chi connectivity index (χ1v) is 13.8. The molecular formula is C21H22Br3NO6S. The van der Waals surface area contributed by atoms with Gasteiger partial charge in [0.2, 0.25) is 5.88 Å². The Balaban J connectivity index is 1.95. The summed E-state index contributed by atoms with van der Waals surface area (Å²) in [4.78, 5) is 17.1. The van der Waals surface area contributed by atoms with Gasteiger partial charge in [-0.15, -0.1) is 0 Å². The first kappa shape index (κ1) is 25.6. The largest absolute Gasteiger partial charge is 0.481 e. The lowest BCUT2D eigenvalue weighted by Crippen LogP contribution is -2.36. The maximum absolute atomic E-state index is 12.6. The molecule has 0 aliphatic heterocycles. The Kier molecular flexibility index (Phi) is 7.18. The highest BCUT2D eigenvalue weighted by atomic mass is 80.0. The van der Waals surface area contributed by atoms with E-state index < -0.39 is 41.1 Å². The monoisotopic (exact) mass is 653 g/mol. The van der Waals surface area contributed by atoms with Crippen molar-refractivity contribution in [1.82, 2.24) is 4.98 Å². The second-order valence-corrected chi connectivity index (χ2v) is 16.8. The first-order chi connectivity index (χ1) is 14.7. The van der Waals surface area contributed by atoms with Crippen LogP contribution >= 0.6 is 47.8 Å². The van der Waals surface area contributed by atoms with Crippen LogP contribution in [0.4, 0.5) is 0 Å². The maximum atomic E-state index is 12.6. The molecule has 1 aliphatic carbocycles. The number of hydrogen-bond donors (Lipinski definition) is 1. The fraction of sp³-hybridized carbons (Fsp3) is 0.429. The fourth-order valence-corrected chi connectivity index (χ4v) is 6.43. The fourth-order valence-electron chi connectivity index (χ4n) is 4.35. The number of halogens is 3.